The highest BCUT2D eigenvalue weighted by molar-refractivity contribution is 7.14. The molecule has 1 aromatic carbocycles. The van der Waals surface area contributed by atoms with Crippen LogP contribution in [0, 0.1) is 6.92 Å². The summed E-state index contributed by atoms with van der Waals surface area (Å²) in [6.07, 6.45) is 0.987. The topological polar surface area (TPSA) is 46.9 Å². The number of carbonyl (C=O) groups is 1. The Kier molecular flexibility index (Phi) is 3.75. The third-order valence-corrected chi connectivity index (χ3v) is 4.29. The van der Waals surface area contributed by atoms with Crippen LogP contribution in [-0.4, -0.2) is 15.5 Å². The van der Waals surface area contributed by atoms with Crippen molar-refractivity contribution in [2.45, 2.75) is 26.8 Å². The van der Waals surface area contributed by atoms with Gasteiger partial charge in [0, 0.05) is 11.4 Å². The molecule has 21 heavy (non-hydrogen) atoms. The van der Waals surface area contributed by atoms with Crippen LogP contribution >= 0.6 is 11.3 Å². The Morgan fingerprint density at radius 2 is 2.10 bits per heavy atom. The van der Waals surface area contributed by atoms with Crippen LogP contribution in [0.1, 0.15) is 27.9 Å². The van der Waals surface area contributed by atoms with Crippen molar-refractivity contribution in [1.82, 2.24) is 9.55 Å². The highest BCUT2D eigenvalue weighted by Crippen LogP contribution is 2.22. The second-order valence-corrected chi connectivity index (χ2v) is 6.23. The predicted octanol–water partition coefficient (Wildman–Crippen LogP) is 4.07. The first-order chi connectivity index (χ1) is 10.2. The second kappa shape index (κ2) is 5.69. The van der Waals surface area contributed by atoms with Crippen LogP contribution in [0.5, 0.6) is 0 Å². The molecule has 2 aromatic heterocycles. The zero-order valence-corrected chi connectivity index (χ0v) is 12.9. The van der Waals surface area contributed by atoms with Gasteiger partial charge in [0.2, 0.25) is 5.95 Å². The summed E-state index contributed by atoms with van der Waals surface area (Å²) in [7, 11) is 0. The lowest BCUT2D eigenvalue weighted by molar-refractivity contribution is 0.102. The van der Waals surface area contributed by atoms with Crippen LogP contribution in [0.2, 0.25) is 0 Å². The number of anilines is 1. The molecule has 0 aliphatic rings. The van der Waals surface area contributed by atoms with E-state index in [1.165, 1.54) is 11.3 Å². The molecule has 2 heterocycles. The lowest BCUT2D eigenvalue weighted by atomic mass is 10.3. The number of thiophene rings is 1. The van der Waals surface area contributed by atoms with Gasteiger partial charge in [0.15, 0.2) is 0 Å². The number of imidazole rings is 1. The summed E-state index contributed by atoms with van der Waals surface area (Å²) in [5.74, 6) is 0.523. The molecular formula is C16H17N3OS. The quantitative estimate of drug-likeness (QED) is 0.789. The normalized spacial score (nSPS) is 11.0. The first-order valence-electron chi connectivity index (χ1n) is 7.02. The summed E-state index contributed by atoms with van der Waals surface area (Å²) in [4.78, 5) is 18.7. The molecule has 0 aliphatic heterocycles. The summed E-state index contributed by atoms with van der Waals surface area (Å²) >= 11 is 1.49. The molecule has 0 saturated heterocycles. The number of benzene rings is 1. The van der Waals surface area contributed by atoms with Crippen molar-refractivity contribution >= 4 is 34.2 Å². The van der Waals surface area contributed by atoms with Gasteiger partial charge in [0.05, 0.1) is 15.9 Å². The van der Waals surface area contributed by atoms with E-state index in [2.05, 4.69) is 21.8 Å². The lowest BCUT2D eigenvalue weighted by Gasteiger charge is -2.08. The van der Waals surface area contributed by atoms with Gasteiger partial charge < -0.3 is 4.57 Å². The fraction of sp³-hybridized carbons (Fsp3) is 0.250. The summed E-state index contributed by atoms with van der Waals surface area (Å²) in [6.45, 7) is 4.94. The molecule has 0 saturated carbocycles. The Bertz CT molecular complexity index is 788. The van der Waals surface area contributed by atoms with Crippen molar-refractivity contribution in [3.05, 3.63) is 46.2 Å². The average Bonchev–Trinajstić information content (AvgIpc) is 3.04. The first kappa shape index (κ1) is 13.8. The van der Waals surface area contributed by atoms with Crippen molar-refractivity contribution in [2.75, 3.05) is 5.32 Å². The number of fused-ring (bicyclic) bond motifs is 1. The molecule has 0 atom stereocenters. The summed E-state index contributed by atoms with van der Waals surface area (Å²) in [5, 5.41) is 2.94. The number of nitrogens with one attached hydrogen (secondary N) is 1. The van der Waals surface area contributed by atoms with Crippen LogP contribution in [0.4, 0.5) is 5.95 Å². The Labute approximate surface area is 127 Å². The van der Waals surface area contributed by atoms with Gasteiger partial charge >= 0.3 is 0 Å². The maximum absolute atomic E-state index is 12.3. The minimum atomic E-state index is -0.0965. The van der Waals surface area contributed by atoms with Crippen LogP contribution < -0.4 is 5.32 Å². The van der Waals surface area contributed by atoms with E-state index < -0.39 is 0 Å². The maximum atomic E-state index is 12.3. The highest BCUT2D eigenvalue weighted by atomic mass is 32.1. The molecule has 0 spiro atoms. The van der Waals surface area contributed by atoms with Crippen LogP contribution in [-0.2, 0) is 6.54 Å². The Morgan fingerprint density at radius 3 is 2.81 bits per heavy atom. The van der Waals surface area contributed by atoms with Gasteiger partial charge in [-0.3, -0.25) is 10.1 Å². The molecule has 5 heteroatoms. The van der Waals surface area contributed by atoms with Crippen molar-refractivity contribution in [3.63, 3.8) is 0 Å². The van der Waals surface area contributed by atoms with Gasteiger partial charge in [-0.2, -0.15) is 0 Å². The van der Waals surface area contributed by atoms with Crippen LogP contribution in [0.3, 0.4) is 0 Å². The number of hydrogen-bond acceptors (Lipinski definition) is 3. The summed E-state index contributed by atoms with van der Waals surface area (Å²) in [6, 6.07) is 11.7. The monoisotopic (exact) mass is 299 g/mol. The number of aromatic nitrogens is 2. The lowest BCUT2D eigenvalue weighted by Crippen LogP contribution is -2.14. The SMILES string of the molecule is CCCn1c(NC(=O)c2ccc(C)s2)nc2ccccc21. The van der Waals surface area contributed by atoms with Gasteiger partial charge in [0.1, 0.15) is 0 Å². The van der Waals surface area contributed by atoms with Crippen molar-refractivity contribution < 1.29 is 4.79 Å². The van der Waals surface area contributed by atoms with Crippen LogP contribution in [0.15, 0.2) is 36.4 Å². The fourth-order valence-corrected chi connectivity index (χ4v) is 3.10. The zero-order chi connectivity index (χ0) is 14.8. The Morgan fingerprint density at radius 1 is 1.29 bits per heavy atom. The van der Waals surface area contributed by atoms with E-state index in [0.717, 1.165) is 28.9 Å². The number of amides is 1. The fourth-order valence-electron chi connectivity index (χ4n) is 2.34. The van der Waals surface area contributed by atoms with Gasteiger partial charge in [-0.25, -0.2) is 4.98 Å². The minimum Gasteiger partial charge on any atom is -0.310 e. The van der Waals surface area contributed by atoms with Crippen molar-refractivity contribution in [1.29, 1.82) is 0 Å². The Hall–Kier alpha value is -2.14. The number of para-hydroxylation sites is 2. The van der Waals surface area contributed by atoms with E-state index in [1.807, 2.05) is 43.3 Å². The van der Waals surface area contributed by atoms with Gasteiger partial charge in [-0.05, 0) is 37.6 Å². The predicted molar refractivity (Wildman–Crippen MR) is 87.0 cm³/mol. The summed E-state index contributed by atoms with van der Waals surface area (Å²) < 4.78 is 2.06. The van der Waals surface area contributed by atoms with E-state index in [1.54, 1.807) is 0 Å². The third kappa shape index (κ3) is 2.69. The van der Waals surface area contributed by atoms with Gasteiger partial charge in [0.25, 0.3) is 5.91 Å². The summed E-state index contributed by atoms with van der Waals surface area (Å²) in [5.41, 5.74) is 1.96. The molecule has 1 N–H and O–H groups in total. The minimum absolute atomic E-state index is 0.0965. The standard InChI is InChI=1S/C16H17N3OS/c1-3-10-19-13-7-5-4-6-12(13)17-16(19)18-15(20)14-9-8-11(2)21-14/h4-9H,3,10H2,1-2H3,(H,17,18,20). The zero-order valence-electron chi connectivity index (χ0n) is 12.1. The smallest absolute Gasteiger partial charge is 0.268 e. The second-order valence-electron chi connectivity index (χ2n) is 4.94. The van der Waals surface area contributed by atoms with Crippen molar-refractivity contribution in [2.24, 2.45) is 0 Å². The molecule has 3 aromatic rings. The molecular weight excluding hydrogens is 282 g/mol. The largest absolute Gasteiger partial charge is 0.310 e. The van der Waals surface area contributed by atoms with E-state index >= 15 is 0 Å². The molecule has 3 rings (SSSR count). The molecule has 0 unspecified atom stereocenters. The van der Waals surface area contributed by atoms with Gasteiger partial charge in [-0.15, -0.1) is 11.3 Å². The maximum Gasteiger partial charge on any atom is 0.268 e. The number of rotatable bonds is 4. The number of carbonyl (C=O) groups excluding carboxylic acids is 1. The number of aryl methyl sites for hydroxylation is 2. The Balaban J connectivity index is 1.96. The van der Waals surface area contributed by atoms with E-state index in [0.29, 0.717) is 10.8 Å². The van der Waals surface area contributed by atoms with Crippen molar-refractivity contribution in [3.8, 4) is 0 Å². The van der Waals surface area contributed by atoms with Crippen LogP contribution in [0.25, 0.3) is 11.0 Å². The van der Waals surface area contributed by atoms with E-state index in [-0.39, 0.29) is 5.91 Å². The molecule has 1 amide bonds. The van der Waals surface area contributed by atoms with Gasteiger partial charge in [-0.1, -0.05) is 19.1 Å². The van der Waals surface area contributed by atoms with E-state index in [9.17, 15) is 4.79 Å². The highest BCUT2D eigenvalue weighted by Gasteiger charge is 2.14. The molecule has 0 aliphatic carbocycles. The molecule has 0 bridgehead atoms. The molecule has 0 radical (unpaired) electrons. The number of hydrogen-bond donors (Lipinski definition) is 1. The third-order valence-electron chi connectivity index (χ3n) is 3.29. The molecule has 108 valence electrons. The molecule has 0 fully saturated rings. The molecule has 4 nitrogen and oxygen atoms in total. The average molecular weight is 299 g/mol. The first-order valence-corrected chi connectivity index (χ1v) is 7.83. The van der Waals surface area contributed by atoms with E-state index in [4.69, 9.17) is 0 Å². The number of nitrogens with zero attached hydrogens (tertiary/aromatic N) is 2.